The first kappa shape index (κ1) is 15.4. The number of carbonyl (C=O) groups is 1. The van der Waals surface area contributed by atoms with Crippen LogP contribution in [0.4, 0.5) is 0 Å². The average molecular weight is 229 g/mol. The second kappa shape index (κ2) is 9.64. The van der Waals surface area contributed by atoms with Crippen LogP contribution in [0.15, 0.2) is 0 Å². The molecule has 3 heteroatoms. The number of carbonyl (C=O) groups excluding carboxylic acids is 1. The summed E-state index contributed by atoms with van der Waals surface area (Å²) in [5.74, 6) is -0.0725. The smallest absolute Gasteiger partial charge is 0.307 e. The van der Waals surface area contributed by atoms with E-state index < -0.39 is 0 Å². The van der Waals surface area contributed by atoms with Gasteiger partial charge in [-0.2, -0.15) is 0 Å². The van der Waals surface area contributed by atoms with E-state index in [0.29, 0.717) is 6.42 Å². The van der Waals surface area contributed by atoms with Crippen LogP contribution in [-0.2, 0) is 9.53 Å². The molecule has 0 heterocycles. The van der Waals surface area contributed by atoms with Crippen LogP contribution in [0.2, 0.25) is 0 Å². The predicted molar refractivity (Wildman–Crippen MR) is 67.2 cm³/mol. The van der Waals surface area contributed by atoms with E-state index >= 15 is 0 Å². The summed E-state index contributed by atoms with van der Waals surface area (Å²) < 4.78 is 5.23. The van der Waals surface area contributed by atoms with Crippen molar-refractivity contribution >= 4 is 5.97 Å². The molecule has 16 heavy (non-hydrogen) atoms. The molecule has 0 bridgehead atoms. The molecule has 3 nitrogen and oxygen atoms in total. The third kappa shape index (κ3) is 8.72. The average Bonchev–Trinajstić information content (AvgIpc) is 2.23. The van der Waals surface area contributed by atoms with Crippen LogP contribution in [0.1, 0.15) is 58.8 Å². The molecule has 96 valence electrons. The highest BCUT2D eigenvalue weighted by atomic mass is 16.6. The molecule has 0 fully saturated rings. The Morgan fingerprint density at radius 2 is 1.69 bits per heavy atom. The third-order valence-corrected chi connectivity index (χ3v) is 2.76. The second-order valence-electron chi connectivity index (χ2n) is 4.57. The zero-order valence-corrected chi connectivity index (χ0v) is 11.3. The quantitative estimate of drug-likeness (QED) is 0.345. The first-order valence-electron chi connectivity index (χ1n) is 6.43. The topological polar surface area (TPSA) is 29.5 Å². The lowest BCUT2D eigenvalue weighted by Gasteiger charge is -2.19. The number of esters is 1. The number of rotatable bonds is 9. The van der Waals surface area contributed by atoms with Gasteiger partial charge >= 0.3 is 5.97 Å². The van der Waals surface area contributed by atoms with Gasteiger partial charge in [-0.3, -0.25) is 9.69 Å². The zero-order valence-electron chi connectivity index (χ0n) is 11.3. The van der Waals surface area contributed by atoms with Crippen LogP contribution in [-0.4, -0.2) is 31.2 Å². The standard InChI is InChI=1S/C13H27NO2/c1-5-6-7-8-9-10-11-13(15)16-12(2)14(3)4/h12H,5-11H2,1-4H3. The summed E-state index contributed by atoms with van der Waals surface area (Å²) in [5, 5.41) is 0. The van der Waals surface area contributed by atoms with Crippen LogP contribution < -0.4 is 0 Å². The summed E-state index contributed by atoms with van der Waals surface area (Å²) in [4.78, 5) is 13.3. The van der Waals surface area contributed by atoms with Gasteiger partial charge in [0.1, 0.15) is 0 Å². The minimum absolute atomic E-state index is 0.0725. The first-order valence-corrected chi connectivity index (χ1v) is 6.43. The molecular formula is C13H27NO2. The maximum atomic E-state index is 11.4. The molecule has 0 aromatic heterocycles. The molecule has 0 aliphatic heterocycles. The molecule has 0 aromatic rings. The molecule has 1 atom stereocenters. The van der Waals surface area contributed by atoms with Gasteiger partial charge < -0.3 is 4.74 Å². The Balaban J connectivity index is 3.37. The van der Waals surface area contributed by atoms with E-state index in [4.69, 9.17) is 4.74 Å². The highest BCUT2D eigenvalue weighted by Crippen LogP contribution is 2.08. The summed E-state index contributed by atoms with van der Waals surface area (Å²) in [6.45, 7) is 4.10. The van der Waals surface area contributed by atoms with Crippen molar-refractivity contribution in [2.75, 3.05) is 14.1 Å². The maximum absolute atomic E-state index is 11.4. The van der Waals surface area contributed by atoms with Crippen LogP contribution >= 0.6 is 0 Å². The van der Waals surface area contributed by atoms with E-state index in [9.17, 15) is 4.79 Å². The third-order valence-electron chi connectivity index (χ3n) is 2.76. The van der Waals surface area contributed by atoms with Crippen molar-refractivity contribution < 1.29 is 9.53 Å². The summed E-state index contributed by atoms with van der Waals surface area (Å²) in [6, 6.07) is 0. The Morgan fingerprint density at radius 3 is 2.25 bits per heavy atom. The van der Waals surface area contributed by atoms with Crippen LogP contribution in [0.25, 0.3) is 0 Å². The molecule has 0 spiro atoms. The number of nitrogens with zero attached hydrogens (tertiary/aromatic N) is 1. The van der Waals surface area contributed by atoms with Crippen LogP contribution in [0.5, 0.6) is 0 Å². The van der Waals surface area contributed by atoms with Gasteiger partial charge in [0.25, 0.3) is 0 Å². The largest absolute Gasteiger partial charge is 0.447 e. The fourth-order valence-electron chi connectivity index (χ4n) is 1.40. The Kier molecular flexibility index (Phi) is 9.30. The minimum Gasteiger partial charge on any atom is -0.447 e. The van der Waals surface area contributed by atoms with Gasteiger partial charge in [0.05, 0.1) is 0 Å². The Labute approximate surface area is 100 Å². The number of hydrogen-bond donors (Lipinski definition) is 0. The SMILES string of the molecule is CCCCCCCCC(=O)OC(C)N(C)C. The Bertz CT molecular complexity index is 181. The molecule has 0 saturated carbocycles. The van der Waals surface area contributed by atoms with Crippen molar-refractivity contribution in [3.63, 3.8) is 0 Å². The predicted octanol–water partition coefficient (Wildman–Crippen LogP) is 3.19. The summed E-state index contributed by atoms with van der Waals surface area (Å²) in [6.07, 6.45) is 7.65. The maximum Gasteiger partial charge on any atom is 0.307 e. The lowest BCUT2D eigenvalue weighted by Crippen LogP contribution is -2.29. The lowest BCUT2D eigenvalue weighted by molar-refractivity contribution is -0.155. The van der Waals surface area contributed by atoms with E-state index in [-0.39, 0.29) is 12.2 Å². The monoisotopic (exact) mass is 229 g/mol. The van der Waals surface area contributed by atoms with Crippen molar-refractivity contribution in [2.24, 2.45) is 0 Å². The fourth-order valence-corrected chi connectivity index (χ4v) is 1.40. The fraction of sp³-hybridized carbons (Fsp3) is 0.923. The molecule has 0 rings (SSSR count). The summed E-state index contributed by atoms with van der Waals surface area (Å²) in [5.41, 5.74) is 0. The normalized spacial score (nSPS) is 12.8. The van der Waals surface area contributed by atoms with E-state index in [1.54, 1.807) is 0 Å². The van der Waals surface area contributed by atoms with E-state index in [1.807, 2.05) is 25.9 Å². The Hall–Kier alpha value is -0.570. The second-order valence-corrected chi connectivity index (χ2v) is 4.57. The molecule has 0 aliphatic rings. The molecule has 0 amide bonds. The van der Waals surface area contributed by atoms with Crippen molar-refractivity contribution in [1.29, 1.82) is 0 Å². The summed E-state index contributed by atoms with van der Waals surface area (Å²) in [7, 11) is 3.81. The number of unbranched alkanes of at least 4 members (excludes halogenated alkanes) is 5. The van der Waals surface area contributed by atoms with Crippen molar-refractivity contribution in [1.82, 2.24) is 4.90 Å². The molecule has 0 aromatic carbocycles. The summed E-state index contributed by atoms with van der Waals surface area (Å²) >= 11 is 0. The van der Waals surface area contributed by atoms with Gasteiger partial charge in [-0.25, -0.2) is 0 Å². The van der Waals surface area contributed by atoms with E-state index in [2.05, 4.69) is 6.92 Å². The van der Waals surface area contributed by atoms with Crippen molar-refractivity contribution in [3.05, 3.63) is 0 Å². The zero-order chi connectivity index (χ0) is 12.4. The van der Waals surface area contributed by atoms with Gasteiger partial charge in [0, 0.05) is 6.42 Å². The molecule has 1 unspecified atom stereocenters. The van der Waals surface area contributed by atoms with Gasteiger partial charge in [-0.05, 0) is 27.4 Å². The minimum atomic E-state index is -0.118. The van der Waals surface area contributed by atoms with Crippen LogP contribution in [0, 0.1) is 0 Å². The highest BCUT2D eigenvalue weighted by molar-refractivity contribution is 5.69. The van der Waals surface area contributed by atoms with E-state index in [1.165, 1.54) is 25.7 Å². The van der Waals surface area contributed by atoms with E-state index in [0.717, 1.165) is 12.8 Å². The molecular weight excluding hydrogens is 202 g/mol. The van der Waals surface area contributed by atoms with Gasteiger partial charge in [0.2, 0.25) is 0 Å². The van der Waals surface area contributed by atoms with Crippen LogP contribution in [0.3, 0.4) is 0 Å². The van der Waals surface area contributed by atoms with Gasteiger partial charge in [0.15, 0.2) is 6.23 Å². The highest BCUT2D eigenvalue weighted by Gasteiger charge is 2.10. The molecule has 0 N–H and O–H groups in total. The number of hydrogen-bond acceptors (Lipinski definition) is 3. The number of ether oxygens (including phenoxy) is 1. The van der Waals surface area contributed by atoms with Gasteiger partial charge in [-0.1, -0.05) is 39.0 Å². The van der Waals surface area contributed by atoms with Crippen molar-refractivity contribution in [2.45, 2.75) is 65.0 Å². The van der Waals surface area contributed by atoms with Crippen molar-refractivity contribution in [3.8, 4) is 0 Å². The molecule has 0 aliphatic carbocycles. The molecule has 0 radical (unpaired) electrons. The first-order chi connectivity index (χ1) is 7.57. The lowest BCUT2D eigenvalue weighted by atomic mass is 10.1. The molecule has 0 saturated heterocycles. The van der Waals surface area contributed by atoms with Gasteiger partial charge in [-0.15, -0.1) is 0 Å². The Morgan fingerprint density at radius 1 is 1.12 bits per heavy atom.